The summed E-state index contributed by atoms with van der Waals surface area (Å²) in [5.41, 5.74) is 4.65. The molecule has 4 nitrogen and oxygen atoms in total. The first-order valence-electron chi connectivity index (χ1n) is 14.2. The Bertz CT molecular complexity index is 1040. The summed E-state index contributed by atoms with van der Waals surface area (Å²) in [5.74, 6) is 0.754. The van der Waals surface area contributed by atoms with Gasteiger partial charge in [-0.2, -0.15) is 4.57 Å². The number of ether oxygens (including phenoxy) is 1. The first kappa shape index (κ1) is 28.9. The van der Waals surface area contributed by atoms with E-state index in [1.54, 1.807) is 11.3 Å². The Kier molecular flexibility index (Phi) is 13.3. The van der Waals surface area contributed by atoms with Crippen LogP contribution in [0.2, 0.25) is 0 Å². The van der Waals surface area contributed by atoms with E-state index < -0.39 is 0 Å². The number of carbonyl (C=O) groups excluding carboxylic acids is 1. The lowest BCUT2D eigenvalue weighted by molar-refractivity contribution is -0.683. The summed E-state index contributed by atoms with van der Waals surface area (Å²) in [6.07, 6.45) is 18.2. The molecule has 2 aromatic carbocycles. The summed E-state index contributed by atoms with van der Waals surface area (Å²) < 4.78 is 8.05. The van der Waals surface area contributed by atoms with Gasteiger partial charge in [0.05, 0.1) is 11.5 Å². The van der Waals surface area contributed by atoms with E-state index in [1.807, 2.05) is 42.5 Å². The third kappa shape index (κ3) is 11.5. The molecule has 0 unspecified atom stereocenters. The topological polar surface area (TPSA) is 42.2 Å². The molecule has 1 N–H and O–H groups in total. The maximum atomic E-state index is 12.8. The van der Waals surface area contributed by atoms with Gasteiger partial charge in [-0.3, -0.25) is 4.79 Å². The molecular formula is C32H45N2O2S+. The van der Waals surface area contributed by atoms with Crippen LogP contribution in [0, 0.1) is 6.92 Å². The van der Waals surface area contributed by atoms with Crippen molar-refractivity contribution in [3.63, 3.8) is 0 Å². The highest BCUT2D eigenvalue weighted by Gasteiger charge is 2.10. The minimum atomic E-state index is -0.0986. The Hall–Kier alpha value is -2.66. The zero-order valence-electron chi connectivity index (χ0n) is 22.8. The van der Waals surface area contributed by atoms with E-state index in [0.717, 1.165) is 36.6 Å². The van der Waals surface area contributed by atoms with Crippen LogP contribution in [0.1, 0.15) is 105 Å². The number of rotatable bonds is 18. The predicted octanol–water partition coefficient (Wildman–Crippen LogP) is 8.72. The number of hydrogen-bond acceptors (Lipinski definition) is 3. The van der Waals surface area contributed by atoms with E-state index in [0.29, 0.717) is 5.56 Å². The molecule has 0 atom stereocenters. The molecule has 0 bridgehead atoms. The third-order valence-corrected chi connectivity index (χ3v) is 7.51. The minimum Gasteiger partial charge on any atom is -0.494 e. The molecule has 1 heterocycles. The highest BCUT2D eigenvalue weighted by atomic mass is 32.1. The van der Waals surface area contributed by atoms with E-state index in [9.17, 15) is 4.79 Å². The van der Waals surface area contributed by atoms with Crippen LogP contribution in [0.3, 0.4) is 0 Å². The zero-order valence-corrected chi connectivity index (χ0v) is 23.7. The fraction of sp³-hybridized carbons (Fsp3) is 0.500. The smallest absolute Gasteiger partial charge is 0.255 e. The molecule has 5 heteroatoms. The average molecular weight is 522 g/mol. The van der Waals surface area contributed by atoms with Crippen molar-refractivity contribution in [1.82, 2.24) is 0 Å². The number of carbonyl (C=O) groups is 1. The van der Waals surface area contributed by atoms with E-state index in [2.05, 4.69) is 41.5 Å². The Morgan fingerprint density at radius 1 is 0.865 bits per heavy atom. The molecular weight excluding hydrogens is 476 g/mol. The lowest BCUT2D eigenvalue weighted by Crippen LogP contribution is -2.30. The molecule has 0 aliphatic rings. The van der Waals surface area contributed by atoms with Crippen LogP contribution in [0.5, 0.6) is 5.75 Å². The SMILES string of the molecule is CCCCCCCCCCCCCCOc1ccc(NC(=O)c2cccc(C[n+]3csc(C)c3)c2)cc1. The third-order valence-electron chi connectivity index (χ3n) is 6.65. The van der Waals surface area contributed by atoms with Crippen molar-refractivity contribution < 1.29 is 14.1 Å². The summed E-state index contributed by atoms with van der Waals surface area (Å²) in [6, 6.07) is 15.5. The van der Waals surface area contributed by atoms with Crippen molar-refractivity contribution in [2.75, 3.05) is 11.9 Å². The van der Waals surface area contributed by atoms with Crippen LogP contribution in [0.4, 0.5) is 5.69 Å². The maximum absolute atomic E-state index is 12.8. The molecule has 37 heavy (non-hydrogen) atoms. The molecule has 1 aromatic heterocycles. The van der Waals surface area contributed by atoms with Gasteiger partial charge in [-0.05, 0) is 49.7 Å². The quantitative estimate of drug-likeness (QED) is 0.134. The number of aromatic nitrogens is 1. The number of amides is 1. The number of anilines is 1. The number of aryl methyl sites for hydroxylation is 1. The monoisotopic (exact) mass is 521 g/mol. The van der Waals surface area contributed by atoms with E-state index in [4.69, 9.17) is 4.74 Å². The van der Waals surface area contributed by atoms with Crippen LogP contribution >= 0.6 is 11.3 Å². The van der Waals surface area contributed by atoms with Gasteiger partial charge in [0.15, 0.2) is 12.7 Å². The molecule has 0 saturated heterocycles. The van der Waals surface area contributed by atoms with Crippen LogP contribution in [-0.4, -0.2) is 12.5 Å². The summed E-state index contributed by atoms with van der Waals surface area (Å²) in [7, 11) is 0. The number of hydrogen-bond donors (Lipinski definition) is 1. The number of benzene rings is 2. The minimum absolute atomic E-state index is 0.0986. The molecule has 3 aromatic rings. The summed E-state index contributed by atoms with van der Waals surface area (Å²) in [4.78, 5) is 14.0. The lowest BCUT2D eigenvalue weighted by atomic mass is 10.1. The molecule has 0 fully saturated rings. The number of nitrogens with zero attached hydrogens (tertiary/aromatic N) is 1. The first-order valence-corrected chi connectivity index (χ1v) is 15.1. The average Bonchev–Trinajstić information content (AvgIpc) is 3.32. The van der Waals surface area contributed by atoms with Gasteiger partial charge in [0.25, 0.3) is 5.91 Å². The molecule has 1 amide bonds. The number of nitrogens with one attached hydrogen (secondary N) is 1. The fourth-order valence-corrected chi connectivity index (χ4v) is 5.15. The van der Waals surface area contributed by atoms with Crippen molar-refractivity contribution in [2.45, 2.75) is 97.4 Å². The van der Waals surface area contributed by atoms with E-state index in [-0.39, 0.29) is 5.91 Å². The zero-order chi connectivity index (χ0) is 26.1. The van der Waals surface area contributed by atoms with Gasteiger partial charge in [0, 0.05) is 16.8 Å². The van der Waals surface area contributed by atoms with Gasteiger partial charge in [0.1, 0.15) is 5.75 Å². The molecule has 0 spiro atoms. The summed E-state index contributed by atoms with van der Waals surface area (Å²) in [6.45, 7) is 5.88. The van der Waals surface area contributed by atoms with Crippen molar-refractivity contribution in [2.24, 2.45) is 0 Å². The van der Waals surface area contributed by atoms with Crippen molar-refractivity contribution in [3.8, 4) is 5.75 Å². The second-order valence-electron chi connectivity index (χ2n) is 10.1. The Morgan fingerprint density at radius 3 is 2.14 bits per heavy atom. The van der Waals surface area contributed by atoms with Gasteiger partial charge in [0.2, 0.25) is 5.51 Å². The van der Waals surface area contributed by atoms with Gasteiger partial charge in [-0.15, -0.1) is 0 Å². The van der Waals surface area contributed by atoms with E-state index >= 15 is 0 Å². The Morgan fingerprint density at radius 2 is 1.51 bits per heavy atom. The van der Waals surface area contributed by atoms with Gasteiger partial charge in [-0.25, -0.2) is 0 Å². The van der Waals surface area contributed by atoms with E-state index in [1.165, 1.54) is 75.5 Å². The summed E-state index contributed by atoms with van der Waals surface area (Å²) >= 11 is 1.72. The first-order chi connectivity index (χ1) is 18.1. The summed E-state index contributed by atoms with van der Waals surface area (Å²) in [5, 5.41) is 3.00. The normalized spacial score (nSPS) is 11.0. The van der Waals surface area contributed by atoms with Crippen molar-refractivity contribution in [1.29, 1.82) is 0 Å². The molecule has 3 rings (SSSR count). The Labute approximate surface area is 228 Å². The van der Waals surface area contributed by atoms with Gasteiger partial charge < -0.3 is 10.1 Å². The second-order valence-corrected chi connectivity index (χ2v) is 11.1. The molecule has 0 radical (unpaired) electrons. The molecule has 0 aliphatic heterocycles. The van der Waals surface area contributed by atoms with Crippen LogP contribution in [0.15, 0.2) is 60.2 Å². The molecule has 200 valence electrons. The largest absolute Gasteiger partial charge is 0.494 e. The maximum Gasteiger partial charge on any atom is 0.255 e. The van der Waals surface area contributed by atoms with Crippen LogP contribution < -0.4 is 14.6 Å². The molecule has 0 aliphatic carbocycles. The second kappa shape index (κ2) is 17.0. The predicted molar refractivity (Wildman–Crippen MR) is 156 cm³/mol. The van der Waals surface area contributed by atoms with Gasteiger partial charge >= 0.3 is 0 Å². The Balaban J connectivity index is 1.28. The van der Waals surface area contributed by atoms with Crippen molar-refractivity contribution in [3.05, 3.63) is 76.2 Å². The van der Waals surface area contributed by atoms with Crippen LogP contribution in [0.25, 0.3) is 0 Å². The fourth-order valence-electron chi connectivity index (χ4n) is 4.52. The highest BCUT2D eigenvalue weighted by molar-refractivity contribution is 7.09. The standard InChI is InChI=1S/C32H44N2O2S/c1-3-4-5-6-7-8-9-10-11-12-13-14-22-36-31-20-18-30(19-21-31)33-32(35)29-17-15-16-28(23-29)25-34-24-27(2)37-26-34/h15-21,23-24,26H,3-14,22,25H2,1-2H3/p+1. The number of unbranched alkanes of at least 4 members (excludes halogenated alkanes) is 11. The molecule has 0 saturated carbocycles. The highest BCUT2D eigenvalue weighted by Crippen LogP contribution is 2.18. The van der Waals surface area contributed by atoms with Gasteiger partial charge in [-0.1, -0.05) is 101 Å². The van der Waals surface area contributed by atoms with Crippen molar-refractivity contribution >= 4 is 22.9 Å². The van der Waals surface area contributed by atoms with Crippen LogP contribution in [-0.2, 0) is 6.54 Å². The number of thiazole rings is 1. The lowest BCUT2D eigenvalue weighted by Gasteiger charge is -2.09.